The molecule has 1 aromatic heterocycles. The summed E-state index contributed by atoms with van der Waals surface area (Å²) in [5.74, 6) is -0.309. The molecule has 0 unspecified atom stereocenters. The number of methoxy groups -OCH3 is 2. The molecule has 16 heavy (non-hydrogen) atoms. The van der Waals surface area contributed by atoms with Gasteiger partial charge in [0.2, 0.25) is 5.88 Å². The molecule has 88 valence electrons. The van der Waals surface area contributed by atoms with Crippen LogP contribution in [-0.4, -0.2) is 38.4 Å². The number of ether oxygens (including phenoxy) is 3. The molecule has 0 aliphatic carbocycles. The number of nitrogens with two attached hydrogens (primary N) is 1. The summed E-state index contributed by atoms with van der Waals surface area (Å²) in [7, 11) is 2.85. The molecular weight excluding hydrogens is 212 g/mol. The van der Waals surface area contributed by atoms with Crippen molar-refractivity contribution in [2.45, 2.75) is 0 Å². The first-order valence-corrected chi connectivity index (χ1v) is 4.65. The van der Waals surface area contributed by atoms with Crippen LogP contribution in [0, 0.1) is 0 Å². The average Bonchev–Trinajstić information content (AvgIpc) is 2.30. The third-order valence-electron chi connectivity index (χ3n) is 1.89. The lowest BCUT2D eigenvalue weighted by molar-refractivity contribution is 0.0601. The van der Waals surface area contributed by atoms with Gasteiger partial charge in [-0.1, -0.05) is 0 Å². The highest BCUT2D eigenvalue weighted by molar-refractivity contribution is 5.95. The number of esters is 1. The predicted octanol–water partition coefficient (Wildman–Crippen LogP) is 0.476. The molecule has 0 bridgehead atoms. The number of rotatable bonds is 5. The maximum atomic E-state index is 11.3. The van der Waals surface area contributed by atoms with Crippen molar-refractivity contribution in [3.05, 3.63) is 17.8 Å². The molecule has 1 rings (SSSR count). The first kappa shape index (κ1) is 12.3. The molecule has 6 heteroatoms. The molecule has 0 saturated heterocycles. The highest BCUT2D eigenvalue weighted by Crippen LogP contribution is 2.22. The fraction of sp³-hybridized carbons (Fsp3) is 0.400. The van der Waals surface area contributed by atoms with Crippen LogP contribution in [0.5, 0.6) is 5.88 Å². The minimum absolute atomic E-state index is 0.172. The van der Waals surface area contributed by atoms with Gasteiger partial charge in [0.05, 0.1) is 19.3 Å². The van der Waals surface area contributed by atoms with Crippen molar-refractivity contribution in [1.29, 1.82) is 0 Å². The standard InChI is InChI=1S/C10H14N2O4/c1-14-5-6-16-9-8(11)7(3-4-12-9)10(13)15-2/h3-4H,5-6,11H2,1-2H3. The quantitative estimate of drug-likeness (QED) is 0.580. The number of pyridine rings is 1. The fourth-order valence-electron chi connectivity index (χ4n) is 1.08. The Balaban J connectivity index is 2.82. The van der Waals surface area contributed by atoms with E-state index in [1.165, 1.54) is 19.4 Å². The number of aromatic nitrogens is 1. The van der Waals surface area contributed by atoms with Crippen molar-refractivity contribution in [2.24, 2.45) is 0 Å². The van der Waals surface area contributed by atoms with Crippen LogP contribution in [0.1, 0.15) is 10.4 Å². The number of hydrogen-bond donors (Lipinski definition) is 1. The van der Waals surface area contributed by atoms with Gasteiger partial charge in [-0.15, -0.1) is 0 Å². The van der Waals surface area contributed by atoms with Gasteiger partial charge < -0.3 is 19.9 Å². The van der Waals surface area contributed by atoms with Gasteiger partial charge in [-0.25, -0.2) is 9.78 Å². The average molecular weight is 226 g/mol. The molecule has 0 fully saturated rings. The first-order valence-electron chi connectivity index (χ1n) is 4.65. The van der Waals surface area contributed by atoms with Crippen molar-refractivity contribution in [3.8, 4) is 5.88 Å². The van der Waals surface area contributed by atoms with Gasteiger partial charge in [0.15, 0.2) is 0 Å². The zero-order chi connectivity index (χ0) is 12.0. The molecule has 0 aromatic carbocycles. The Morgan fingerprint density at radius 3 is 2.81 bits per heavy atom. The molecule has 1 aromatic rings. The summed E-state index contributed by atoms with van der Waals surface area (Å²) in [6, 6.07) is 1.48. The lowest BCUT2D eigenvalue weighted by Gasteiger charge is -2.09. The van der Waals surface area contributed by atoms with Gasteiger partial charge in [-0.2, -0.15) is 0 Å². The maximum absolute atomic E-state index is 11.3. The topological polar surface area (TPSA) is 83.7 Å². The van der Waals surface area contributed by atoms with E-state index in [9.17, 15) is 4.79 Å². The molecular formula is C10H14N2O4. The van der Waals surface area contributed by atoms with Crippen LogP contribution in [0.15, 0.2) is 12.3 Å². The van der Waals surface area contributed by atoms with E-state index in [1.54, 1.807) is 7.11 Å². The third kappa shape index (κ3) is 2.83. The van der Waals surface area contributed by atoms with Crippen molar-refractivity contribution in [1.82, 2.24) is 4.98 Å². The Bertz CT molecular complexity index is 368. The van der Waals surface area contributed by atoms with Gasteiger partial charge in [0.1, 0.15) is 12.3 Å². The molecule has 1 heterocycles. The molecule has 0 saturated carbocycles. The Hall–Kier alpha value is -1.82. The number of carbonyl (C=O) groups excluding carboxylic acids is 1. The zero-order valence-electron chi connectivity index (χ0n) is 9.23. The monoisotopic (exact) mass is 226 g/mol. The van der Waals surface area contributed by atoms with E-state index in [0.29, 0.717) is 13.2 Å². The number of anilines is 1. The number of nitrogens with zero attached hydrogens (tertiary/aromatic N) is 1. The third-order valence-corrected chi connectivity index (χ3v) is 1.89. The minimum atomic E-state index is -0.517. The van der Waals surface area contributed by atoms with E-state index >= 15 is 0 Å². The normalized spacial score (nSPS) is 9.88. The molecule has 0 radical (unpaired) electrons. The van der Waals surface area contributed by atoms with Gasteiger partial charge in [-0.3, -0.25) is 0 Å². The van der Waals surface area contributed by atoms with Gasteiger partial charge >= 0.3 is 5.97 Å². The zero-order valence-corrected chi connectivity index (χ0v) is 9.23. The van der Waals surface area contributed by atoms with Gasteiger partial charge in [-0.05, 0) is 6.07 Å². The van der Waals surface area contributed by atoms with Crippen molar-refractivity contribution in [3.63, 3.8) is 0 Å². The summed E-state index contributed by atoms with van der Waals surface area (Å²) in [5, 5.41) is 0. The summed E-state index contributed by atoms with van der Waals surface area (Å²) in [4.78, 5) is 15.2. The summed E-state index contributed by atoms with van der Waals surface area (Å²) in [6.07, 6.45) is 1.44. The van der Waals surface area contributed by atoms with E-state index in [2.05, 4.69) is 9.72 Å². The van der Waals surface area contributed by atoms with Crippen LogP contribution in [0.2, 0.25) is 0 Å². The van der Waals surface area contributed by atoms with Crippen LogP contribution >= 0.6 is 0 Å². The highest BCUT2D eigenvalue weighted by atomic mass is 16.5. The number of nitrogen functional groups attached to an aromatic ring is 1. The molecule has 0 aliphatic rings. The number of carbonyl (C=O) groups is 1. The van der Waals surface area contributed by atoms with E-state index in [0.717, 1.165) is 0 Å². The van der Waals surface area contributed by atoms with Crippen LogP contribution in [0.25, 0.3) is 0 Å². The highest BCUT2D eigenvalue weighted by Gasteiger charge is 2.14. The van der Waals surface area contributed by atoms with Crippen LogP contribution in [-0.2, 0) is 9.47 Å². The minimum Gasteiger partial charge on any atom is -0.474 e. The maximum Gasteiger partial charge on any atom is 0.340 e. The molecule has 0 aliphatic heterocycles. The summed E-state index contributed by atoms with van der Waals surface area (Å²) in [6.45, 7) is 0.738. The molecule has 6 nitrogen and oxygen atoms in total. The van der Waals surface area contributed by atoms with Gasteiger partial charge in [0.25, 0.3) is 0 Å². The fourth-order valence-corrected chi connectivity index (χ4v) is 1.08. The van der Waals surface area contributed by atoms with Crippen LogP contribution in [0.4, 0.5) is 5.69 Å². The van der Waals surface area contributed by atoms with Crippen LogP contribution < -0.4 is 10.5 Å². The van der Waals surface area contributed by atoms with Crippen molar-refractivity contribution < 1.29 is 19.0 Å². The first-order chi connectivity index (χ1) is 7.70. The Labute approximate surface area is 93.3 Å². The smallest absolute Gasteiger partial charge is 0.340 e. The van der Waals surface area contributed by atoms with Crippen molar-refractivity contribution >= 4 is 11.7 Å². The molecule has 0 amide bonds. The van der Waals surface area contributed by atoms with E-state index in [1.807, 2.05) is 0 Å². The van der Waals surface area contributed by atoms with Gasteiger partial charge in [0, 0.05) is 13.3 Å². The molecule has 0 atom stereocenters. The van der Waals surface area contributed by atoms with Crippen molar-refractivity contribution in [2.75, 3.05) is 33.2 Å². The van der Waals surface area contributed by atoms with E-state index < -0.39 is 5.97 Å². The molecule has 2 N–H and O–H groups in total. The predicted molar refractivity (Wildman–Crippen MR) is 57.4 cm³/mol. The van der Waals surface area contributed by atoms with Crippen LogP contribution in [0.3, 0.4) is 0 Å². The SMILES string of the molecule is COCCOc1nccc(C(=O)OC)c1N. The largest absolute Gasteiger partial charge is 0.474 e. The summed E-state index contributed by atoms with van der Waals surface area (Å²) in [5.41, 5.74) is 6.13. The lowest BCUT2D eigenvalue weighted by atomic mass is 10.2. The summed E-state index contributed by atoms with van der Waals surface area (Å²) < 4.78 is 14.6. The summed E-state index contributed by atoms with van der Waals surface area (Å²) >= 11 is 0. The Morgan fingerprint density at radius 1 is 1.44 bits per heavy atom. The second kappa shape index (κ2) is 5.92. The molecule has 0 spiro atoms. The second-order valence-corrected chi connectivity index (χ2v) is 2.91. The number of hydrogen-bond acceptors (Lipinski definition) is 6. The second-order valence-electron chi connectivity index (χ2n) is 2.91. The Kier molecular flexibility index (Phi) is 4.53. The Morgan fingerprint density at radius 2 is 2.19 bits per heavy atom. The van der Waals surface area contributed by atoms with E-state index in [4.69, 9.17) is 15.2 Å². The van der Waals surface area contributed by atoms with E-state index in [-0.39, 0.29) is 17.1 Å². The lowest BCUT2D eigenvalue weighted by Crippen LogP contribution is -2.11.